The number of amides is 2. The normalized spacial score (nSPS) is 11.0. The first-order chi connectivity index (χ1) is 11.3. The molecule has 0 spiro atoms. The summed E-state index contributed by atoms with van der Waals surface area (Å²) in [6.45, 7) is 3.34. The van der Waals surface area contributed by atoms with E-state index in [0.29, 0.717) is 5.69 Å². The zero-order chi connectivity index (χ0) is 17.7. The van der Waals surface area contributed by atoms with Crippen molar-refractivity contribution in [1.29, 1.82) is 0 Å². The minimum atomic E-state index is -1.25. The molecule has 2 rings (SSSR count). The van der Waals surface area contributed by atoms with Crippen LogP contribution in [-0.2, 0) is 16.1 Å². The van der Waals surface area contributed by atoms with Crippen molar-refractivity contribution in [2.24, 2.45) is 5.41 Å². The van der Waals surface area contributed by atoms with Crippen LogP contribution in [0.4, 0.5) is 10.1 Å². The summed E-state index contributed by atoms with van der Waals surface area (Å²) in [6.07, 6.45) is 0. The van der Waals surface area contributed by atoms with Crippen LogP contribution in [0.1, 0.15) is 19.4 Å². The molecule has 2 amide bonds. The fourth-order valence-electron chi connectivity index (χ4n) is 1.95. The van der Waals surface area contributed by atoms with Gasteiger partial charge in [0, 0.05) is 11.0 Å². The van der Waals surface area contributed by atoms with Gasteiger partial charge in [0.2, 0.25) is 11.8 Å². The van der Waals surface area contributed by atoms with E-state index in [1.807, 2.05) is 6.07 Å². The molecule has 126 valence electrons. The molecule has 2 aromatic rings. The molecule has 2 N–H and O–H groups in total. The van der Waals surface area contributed by atoms with Gasteiger partial charge in [-0.3, -0.25) is 9.59 Å². The summed E-state index contributed by atoms with van der Waals surface area (Å²) >= 11 is 3.35. The summed E-state index contributed by atoms with van der Waals surface area (Å²) in [5.74, 6) is -1.15. The van der Waals surface area contributed by atoms with E-state index in [0.717, 1.165) is 10.0 Å². The Kier molecular flexibility index (Phi) is 5.72. The van der Waals surface area contributed by atoms with Crippen molar-refractivity contribution in [1.82, 2.24) is 5.32 Å². The highest BCUT2D eigenvalue weighted by Gasteiger charge is 2.36. The molecule has 0 aliphatic rings. The van der Waals surface area contributed by atoms with Crippen LogP contribution in [0.5, 0.6) is 0 Å². The van der Waals surface area contributed by atoms with E-state index >= 15 is 0 Å². The summed E-state index contributed by atoms with van der Waals surface area (Å²) in [7, 11) is 0. The third-order valence-electron chi connectivity index (χ3n) is 3.62. The minimum absolute atomic E-state index is 0.227. The van der Waals surface area contributed by atoms with Gasteiger partial charge >= 0.3 is 0 Å². The fourth-order valence-corrected chi connectivity index (χ4v) is 2.33. The Morgan fingerprint density at radius 1 is 1.04 bits per heavy atom. The molecule has 0 unspecified atom stereocenters. The average Bonchev–Trinajstić information content (AvgIpc) is 2.56. The monoisotopic (exact) mass is 392 g/mol. The Morgan fingerprint density at radius 2 is 1.67 bits per heavy atom. The molecule has 0 bridgehead atoms. The second-order valence-electron chi connectivity index (χ2n) is 5.87. The van der Waals surface area contributed by atoms with Crippen LogP contribution < -0.4 is 10.6 Å². The number of carbonyl (C=O) groups is 2. The third kappa shape index (κ3) is 4.41. The Bertz CT molecular complexity index is 745. The Hall–Kier alpha value is -2.21. The molecule has 0 atom stereocenters. The summed E-state index contributed by atoms with van der Waals surface area (Å²) in [6, 6.07) is 13.0. The lowest BCUT2D eigenvalue weighted by Crippen LogP contribution is -2.44. The summed E-state index contributed by atoms with van der Waals surface area (Å²) in [5.41, 5.74) is 0.101. The van der Waals surface area contributed by atoms with E-state index in [-0.39, 0.29) is 12.4 Å². The van der Waals surface area contributed by atoms with Gasteiger partial charge in [-0.2, -0.15) is 0 Å². The van der Waals surface area contributed by atoms with E-state index in [1.54, 1.807) is 44.2 Å². The predicted molar refractivity (Wildman–Crippen MR) is 94.8 cm³/mol. The SMILES string of the molecule is CC(C)(C(=O)NCc1ccc(F)cc1)C(=O)Nc1ccccc1Br. The molecular formula is C18H18BrFN2O2. The van der Waals surface area contributed by atoms with Gasteiger partial charge < -0.3 is 10.6 Å². The zero-order valence-electron chi connectivity index (χ0n) is 13.4. The van der Waals surface area contributed by atoms with Crippen molar-refractivity contribution >= 4 is 33.4 Å². The second kappa shape index (κ2) is 7.57. The topological polar surface area (TPSA) is 58.2 Å². The van der Waals surface area contributed by atoms with Gasteiger partial charge in [-0.1, -0.05) is 24.3 Å². The largest absolute Gasteiger partial charge is 0.351 e. The summed E-state index contributed by atoms with van der Waals surface area (Å²) < 4.78 is 13.6. The highest BCUT2D eigenvalue weighted by Crippen LogP contribution is 2.25. The first-order valence-electron chi connectivity index (χ1n) is 7.39. The highest BCUT2D eigenvalue weighted by molar-refractivity contribution is 9.10. The van der Waals surface area contributed by atoms with Crippen molar-refractivity contribution < 1.29 is 14.0 Å². The van der Waals surface area contributed by atoms with Crippen molar-refractivity contribution in [2.45, 2.75) is 20.4 Å². The standard InChI is InChI=1S/C18H18BrFN2O2/c1-18(2,17(24)22-15-6-4-3-5-14(15)19)16(23)21-11-12-7-9-13(20)10-8-12/h3-10H,11H2,1-2H3,(H,21,23)(H,22,24). The number of anilines is 1. The highest BCUT2D eigenvalue weighted by atomic mass is 79.9. The molecular weight excluding hydrogens is 375 g/mol. The van der Waals surface area contributed by atoms with Crippen molar-refractivity contribution in [2.75, 3.05) is 5.32 Å². The molecule has 4 nitrogen and oxygen atoms in total. The lowest BCUT2D eigenvalue weighted by molar-refractivity contribution is -0.138. The fraction of sp³-hybridized carbons (Fsp3) is 0.222. The number of hydrogen-bond acceptors (Lipinski definition) is 2. The van der Waals surface area contributed by atoms with Crippen LogP contribution in [0.3, 0.4) is 0 Å². The number of hydrogen-bond donors (Lipinski definition) is 2. The Morgan fingerprint density at radius 3 is 2.29 bits per heavy atom. The maximum atomic E-state index is 12.9. The van der Waals surface area contributed by atoms with Crippen LogP contribution in [-0.4, -0.2) is 11.8 Å². The molecule has 0 fully saturated rings. The molecule has 6 heteroatoms. The van der Waals surface area contributed by atoms with Gasteiger partial charge in [-0.15, -0.1) is 0 Å². The molecule has 0 aliphatic heterocycles. The quantitative estimate of drug-likeness (QED) is 0.758. The molecule has 0 aromatic heterocycles. The van der Waals surface area contributed by atoms with Crippen LogP contribution in [0.15, 0.2) is 53.0 Å². The van der Waals surface area contributed by atoms with Gasteiger partial charge in [0.1, 0.15) is 11.2 Å². The maximum Gasteiger partial charge on any atom is 0.239 e. The number of halogens is 2. The lowest BCUT2D eigenvalue weighted by atomic mass is 9.90. The predicted octanol–water partition coefficient (Wildman–Crippen LogP) is 3.87. The minimum Gasteiger partial charge on any atom is -0.351 e. The molecule has 2 aromatic carbocycles. The molecule has 0 saturated carbocycles. The second-order valence-corrected chi connectivity index (χ2v) is 6.72. The Labute approximate surface area is 148 Å². The van der Waals surface area contributed by atoms with Crippen LogP contribution in [0, 0.1) is 11.2 Å². The molecule has 0 radical (unpaired) electrons. The average molecular weight is 393 g/mol. The van der Waals surface area contributed by atoms with Crippen LogP contribution in [0.25, 0.3) is 0 Å². The van der Waals surface area contributed by atoms with Crippen molar-refractivity contribution in [3.8, 4) is 0 Å². The third-order valence-corrected chi connectivity index (χ3v) is 4.32. The summed E-state index contributed by atoms with van der Waals surface area (Å²) in [4.78, 5) is 24.8. The number of nitrogens with one attached hydrogen (secondary N) is 2. The van der Waals surface area contributed by atoms with Crippen LogP contribution in [0.2, 0.25) is 0 Å². The van der Waals surface area contributed by atoms with Crippen molar-refractivity contribution in [3.63, 3.8) is 0 Å². The molecule has 24 heavy (non-hydrogen) atoms. The molecule has 0 heterocycles. The van der Waals surface area contributed by atoms with E-state index in [4.69, 9.17) is 0 Å². The van der Waals surface area contributed by atoms with E-state index in [9.17, 15) is 14.0 Å². The van der Waals surface area contributed by atoms with E-state index in [2.05, 4.69) is 26.6 Å². The number of carbonyl (C=O) groups excluding carboxylic acids is 2. The molecule has 0 aliphatic carbocycles. The number of rotatable bonds is 5. The maximum absolute atomic E-state index is 12.9. The van der Waals surface area contributed by atoms with E-state index in [1.165, 1.54) is 12.1 Å². The number of benzene rings is 2. The number of para-hydroxylation sites is 1. The van der Waals surface area contributed by atoms with E-state index < -0.39 is 17.2 Å². The van der Waals surface area contributed by atoms with Gasteiger partial charge in [0.05, 0.1) is 5.69 Å². The lowest BCUT2D eigenvalue weighted by Gasteiger charge is -2.23. The smallest absolute Gasteiger partial charge is 0.239 e. The Balaban J connectivity index is 1.99. The van der Waals surface area contributed by atoms with Gasteiger partial charge in [-0.05, 0) is 59.6 Å². The van der Waals surface area contributed by atoms with Crippen LogP contribution >= 0.6 is 15.9 Å². The van der Waals surface area contributed by atoms with Gasteiger partial charge in [0.25, 0.3) is 0 Å². The van der Waals surface area contributed by atoms with Gasteiger partial charge in [0.15, 0.2) is 0 Å². The summed E-state index contributed by atoms with van der Waals surface area (Å²) in [5, 5.41) is 5.45. The van der Waals surface area contributed by atoms with Crippen molar-refractivity contribution in [3.05, 3.63) is 64.4 Å². The zero-order valence-corrected chi connectivity index (χ0v) is 15.0. The van der Waals surface area contributed by atoms with Gasteiger partial charge in [-0.25, -0.2) is 4.39 Å². The first kappa shape index (κ1) is 18.1. The molecule has 0 saturated heterocycles. The first-order valence-corrected chi connectivity index (χ1v) is 8.19.